The summed E-state index contributed by atoms with van der Waals surface area (Å²) in [6.45, 7) is 3.09. The van der Waals surface area contributed by atoms with Crippen molar-refractivity contribution < 1.29 is 4.79 Å². The zero-order valence-electron chi connectivity index (χ0n) is 13.4. The van der Waals surface area contributed by atoms with Crippen molar-refractivity contribution in [1.29, 1.82) is 0 Å². The molecule has 1 saturated heterocycles. The summed E-state index contributed by atoms with van der Waals surface area (Å²) in [5.74, 6) is 0.132. The quantitative estimate of drug-likeness (QED) is 0.845. The summed E-state index contributed by atoms with van der Waals surface area (Å²) in [5.41, 5.74) is 1.30. The zero-order valence-corrected chi connectivity index (χ0v) is 14.2. The highest BCUT2D eigenvalue weighted by atomic mass is 32.1. The molecule has 3 rings (SSSR count). The largest absolute Gasteiger partial charge is 0.355 e. The number of piperidine rings is 1. The van der Waals surface area contributed by atoms with Crippen molar-refractivity contribution in [2.45, 2.75) is 38.3 Å². The second kappa shape index (κ2) is 8.26. The highest BCUT2D eigenvalue weighted by Crippen LogP contribution is 2.18. The fourth-order valence-electron chi connectivity index (χ4n) is 3.12. The van der Waals surface area contributed by atoms with E-state index in [0.717, 1.165) is 25.9 Å². The maximum atomic E-state index is 12.2. The maximum Gasteiger partial charge on any atom is 0.234 e. The van der Waals surface area contributed by atoms with E-state index in [0.29, 0.717) is 19.1 Å². The zero-order chi connectivity index (χ0) is 15.9. The van der Waals surface area contributed by atoms with Crippen LogP contribution >= 0.6 is 11.3 Å². The molecule has 124 valence electrons. The lowest BCUT2D eigenvalue weighted by Gasteiger charge is -2.35. The lowest BCUT2D eigenvalue weighted by molar-refractivity contribution is -0.123. The van der Waals surface area contributed by atoms with Crippen molar-refractivity contribution in [2.75, 3.05) is 19.6 Å². The Bertz CT molecular complexity index is 582. The molecular formula is C17H24N4OS. The number of nitrogens with one attached hydrogen (secondary N) is 1. The monoisotopic (exact) mass is 332 g/mol. The molecule has 1 atom stereocenters. The molecule has 1 aliphatic heterocycles. The van der Waals surface area contributed by atoms with Gasteiger partial charge in [0.05, 0.1) is 13.1 Å². The van der Waals surface area contributed by atoms with Crippen molar-refractivity contribution in [1.82, 2.24) is 20.0 Å². The predicted octanol–water partition coefficient (Wildman–Crippen LogP) is 2.16. The third-order valence-corrected chi connectivity index (χ3v) is 5.10. The van der Waals surface area contributed by atoms with Crippen LogP contribution in [0, 0.1) is 0 Å². The molecule has 0 aromatic carbocycles. The van der Waals surface area contributed by atoms with Gasteiger partial charge in [-0.1, -0.05) is 6.42 Å². The summed E-state index contributed by atoms with van der Waals surface area (Å²) >= 11 is 1.70. The van der Waals surface area contributed by atoms with Crippen LogP contribution in [0.3, 0.4) is 0 Å². The van der Waals surface area contributed by atoms with Crippen LogP contribution in [0.2, 0.25) is 0 Å². The van der Waals surface area contributed by atoms with E-state index in [-0.39, 0.29) is 5.91 Å². The van der Waals surface area contributed by atoms with E-state index in [2.05, 4.69) is 32.1 Å². The summed E-state index contributed by atoms with van der Waals surface area (Å²) in [7, 11) is 0. The molecule has 2 aromatic heterocycles. The molecule has 23 heavy (non-hydrogen) atoms. The summed E-state index contributed by atoms with van der Waals surface area (Å²) in [6, 6.07) is 4.47. The SMILES string of the molecule is O=C(CN1CCCC[C@@H]1Cn1cccn1)NCCc1ccsc1. The molecule has 1 fully saturated rings. The average Bonchev–Trinajstić information content (AvgIpc) is 3.23. The Balaban J connectivity index is 1.45. The third-order valence-electron chi connectivity index (χ3n) is 4.37. The number of amides is 1. The number of carbonyl (C=O) groups excluding carboxylic acids is 1. The predicted molar refractivity (Wildman–Crippen MR) is 92.5 cm³/mol. The summed E-state index contributed by atoms with van der Waals surface area (Å²) in [4.78, 5) is 14.5. The lowest BCUT2D eigenvalue weighted by Crippen LogP contribution is -2.47. The molecule has 0 spiro atoms. The minimum Gasteiger partial charge on any atom is -0.355 e. The molecule has 2 aromatic rings. The van der Waals surface area contributed by atoms with E-state index >= 15 is 0 Å². The number of hydrogen-bond acceptors (Lipinski definition) is 4. The van der Waals surface area contributed by atoms with Gasteiger partial charge in [-0.05, 0) is 54.3 Å². The summed E-state index contributed by atoms with van der Waals surface area (Å²) < 4.78 is 1.97. The highest BCUT2D eigenvalue weighted by Gasteiger charge is 2.24. The van der Waals surface area contributed by atoms with Crippen LogP contribution in [-0.4, -0.2) is 46.3 Å². The fraction of sp³-hybridized carbons (Fsp3) is 0.529. The molecule has 3 heterocycles. The minimum atomic E-state index is 0.132. The van der Waals surface area contributed by atoms with Gasteiger partial charge in [0, 0.05) is 25.0 Å². The Morgan fingerprint density at radius 2 is 2.39 bits per heavy atom. The molecule has 0 radical (unpaired) electrons. The summed E-state index contributed by atoms with van der Waals surface area (Å²) in [6.07, 6.45) is 8.27. The molecule has 5 nitrogen and oxygen atoms in total. The highest BCUT2D eigenvalue weighted by molar-refractivity contribution is 7.07. The van der Waals surface area contributed by atoms with Gasteiger partial charge in [-0.15, -0.1) is 0 Å². The van der Waals surface area contributed by atoms with E-state index < -0.39 is 0 Å². The Morgan fingerprint density at radius 1 is 1.43 bits per heavy atom. The Kier molecular flexibility index (Phi) is 5.82. The average molecular weight is 332 g/mol. The fourth-order valence-corrected chi connectivity index (χ4v) is 3.82. The summed E-state index contributed by atoms with van der Waals surface area (Å²) in [5, 5.41) is 11.6. The van der Waals surface area contributed by atoms with Gasteiger partial charge in [0.1, 0.15) is 0 Å². The van der Waals surface area contributed by atoms with Crippen molar-refractivity contribution >= 4 is 17.2 Å². The molecule has 0 aliphatic carbocycles. The van der Waals surface area contributed by atoms with E-state index in [1.807, 2.05) is 23.1 Å². The smallest absolute Gasteiger partial charge is 0.234 e. The van der Waals surface area contributed by atoms with Gasteiger partial charge in [0.2, 0.25) is 5.91 Å². The number of likely N-dealkylation sites (tertiary alicyclic amines) is 1. The standard InChI is InChI=1S/C17H24N4OS/c22-17(18-8-5-15-6-11-23-14-15)13-20-9-2-1-4-16(20)12-21-10-3-7-19-21/h3,6-7,10-11,14,16H,1-2,4-5,8-9,12-13H2,(H,18,22)/t16-/m1/s1. The molecule has 0 bridgehead atoms. The van der Waals surface area contributed by atoms with Crippen LogP contribution in [0.5, 0.6) is 0 Å². The number of hydrogen-bond donors (Lipinski definition) is 1. The Labute approximate surface area is 141 Å². The van der Waals surface area contributed by atoms with E-state index in [4.69, 9.17) is 0 Å². The second-order valence-corrected chi connectivity index (χ2v) is 6.86. The second-order valence-electron chi connectivity index (χ2n) is 6.08. The number of thiophene rings is 1. The van der Waals surface area contributed by atoms with E-state index in [1.165, 1.54) is 18.4 Å². The van der Waals surface area contributed by atoms with Crippen LogP contribution in [0.25, 0.3) is 0 Å². The van der Waals surface area contributed by atoms with Crippen LogP contribution < -0.4 is 5.32 Å². The molecular weight excluding hydrogens is 308 g/mol. The van der Waals surface area contributed by atoms with Gasteiger partial charge in [-0.2, -0.15) is 16.4 Å². The Hall–Kier alpha value is -1.66. The number of nitrogens with zero attached hydrogens (tertiary/aromatic N) is 3. The topological polar surface area (TPSA) is 50.2 Å². The normalized spacial score (nSPS) is 18.9. The molecule has 6 heteroatoms. The van der Waals surface area contributed by atoms with Gasteiger partial charge in [0.25, 0.3) is 0 Å². The first-order valence-electron chi connectivity index (χ1n) is 8.30. The van der Waals surface area contributed by atoms with Crippen molar-refractivity contribution in [2.24, 2.45) is 0 Å². The number of carbonyl (C=O) groups is 1. The van der Waals surface area contributed by atoms with Crippen LogP contribution in [0.1, 0.15) is 24.8 Å². The third kappa shape index (κ3) is 4.91. The number of rotatable bonds is 7. The minimum absolute atomic E-state index is 0.132. The molecule has 1 aliphatic rings. The van der Waals surface area contributed by atoms with Gasteiger partial charge < -0.3 is 5.32 Å². The van der Waals surface area contributed by atoms with Crippen LogP contribution in [0.15, 0.2) is 35.3 Å². The van der Waals surface area contributed by atoms with E-state index in [9.17, 15) is 4.79 Å². The van der Waals surface area contributed by atoms with Crippen molar-refractivity contribution in [3.05, 3.63) is 40.8 Å². The first-order chi connectivity index (χ1) is 11.3. The van der Waals surface area contributed by atoms with Crippen molar-refractivity contribution in [3.63, 3.8) is 0 Å². The van der Waals surface area contributed by atoms with Crippen LogP contribution in [-0.2, 0) is 17.8 Å². The molecule has 1 amide bonds. The van der Waals surface area contributed by atoms with E-state index in [1.54, 1.807) is 11.3 Å². The Morgan fingerprint density at radius 3 is 3.17 bits per heavy atom. The molecule has 0 saturated carbocycles. The van der Waals surface area contributed by atoms with Gasteiger partial charge in [-0.25, -0.2) is 0 Å². The van der Waals surface area contributed by atoms with Gasteiger partial charge >= 0.3 is 0 Å². The van der Waals surface area contributed by atoms with Gasteiger partial charge in [-0.3, -0.25) is 14.4 Å². The van der Waals surface area contributed by atoms with Gasteiger partial charge in [0.15, 0.2) is 0 Å². The lowest BCUT2D eigenvalue weighted by atomic mass is 10.0. The number of aromatic nitrogens is 2. The molecule has 1 N–H and O–H groups in total. The first kappa shape index (κ1) is 16.2. The van der Waals surface area contributed by atoms with Crippen molar-refractivity contribution in [3.8, 4) is 0 Å². The molecule has 0 unspecified atom stereocenters. The maximum absolute atomic E-state index is 12.2. The van der Waals surface area contributed by atoms with Crippen LogP contribution in [0.4, 0.5) is 0 Å². The first-order valence-corrected chi connectivity index (χ1v) is 9.25.